The van der Waals surface area contributed by atoms with Crippen molar-refractivity contribution in [2.75, 3.05) is 24.6 Å². The van der Waals surface area contributed by atoms with Crippen molar-refractivity contribution in [2.45, 2.75) is 38.5 Å². The van der Waals surface area contributed by atoms with Gasteiger partial charge in [-0.25, -0.2) is 0 Å². The quantitative estimate of drug-likeness (QED) is 0.374. The third kappa shape index (κ3) is 4.12. The topological polar surface area (TPSA) is 50.8 Å². The fourth-order valence-corrected chi connectivity index (χ4v) is 4.05. The largest absolute Gasteiger partial charge is 0.411 e. The minimum atomic E-state index is -4.41. The van der Waals surface area contributed by atoms with E-state index >= 15 is 0 Å². The van der Waals surface area contributed by atoms with Gasteiger partial charge in [0.1, 0.15) is 12.2 Å². The lowest BCUT2D eigenvalue weighted by Crippen LogP contribution is -2.42. The van der Waals surface area contributed by atoms with Gasteiger partial charge in [0.05, 0.1) is 12.2 Å². The second-order valence-corrected chi connectivity index (χ2v) is 7.96. The number of nitrogens with zero attached hydrogens (tertiary/aromatic N) is 2. The third-order valence-corrected chi connectivity index (χ3v) is 5.57. The molecule has 0 aromatic heterocycles. The van der Waals surface area contributed by atoms with E-state index in [-0.39, 0.29) is 6.54 Å². The zero-order chi connectivity index (χ0) is 20.5. The number of ether oxygens (including phenoxy) is 1. The fraction of sp³-hybridized carbons (Fsp3) is 0.450. The van der Waals surface area contributed by atoms with Crippen molar-refractivity contribution in [3.63, 3.8) is 0 Å². The molecule has 0 radical (unpaired) electrons. The normalized spacial score (nSPS) is 20.1. The molecule has 0 bridgehead atoms. The van der Waals surface area contributed by atoms with Gasteiger partial charge in [0.25, 0.3) is 0 Å². The van der Waals surface area contributed by atoms with Gasteiger partial charge < -0.3 is 15.4 Å². The van der Waals surface area contributed by atoms with E-state index in [1.54, 1.807) is 11.8 Å². The van der Waals surface area contributed by atoms with Crippen LogP contribution >= 0.6 is 15.9 Å². The summed E-state index contributed by atoms with van der Waals surface area (Å²) in [6.45, 7) is 3.16. The Morgan fingerprint density at radius 2 is 2.04 bits per heavy atom. The van der Waals surface area contributed by atoms with Crippen LogP contribution in [0.25, 0.3) is 10.8 Å². The first-order valence-electron chi connectivity index (χ1n) is 9.16. The summed E-state index contributed by atoms with van der Waals surface area (Å²) in [5, 5.41) is 1.74. The number of hydrogen-bond donors (Lipinski definition) is 1. The van der Waals surface area contributed by atoms with E-state index in [1.165, 1.54) is 0 Å². The summed E-state index contributed by atoms with van der Waals surface area (Å²) in [5.41, 5.74) is 6.46. The average Bonchev–Trinajstić information content (AvgIpc) is 2.94. The summed E-state index contributed by atoms with van der Waals surface area (Å²) in [5.74, 6) is 0.295. The molecule has 1 atom stereocenters. The number of unbranched alkanes of at least 4 members (excludes halogenated alkanes) is 1. The van der Waals surface area contributed by atoms with E-state index in [9.17, 15) is 13.2 Å². The van der Waals surface area contributed by atoms with Crippen LogP contribution in [0.5, 0.6) is 0 Å². The highest BCUT2D eigenvalue weighted by molar-refractivity contribution is 9.10. The van der Waals surface area contributed by atoms with Gasteiger partial charge in [-0.15, -0.1) is 0 Å². The first kappa shape index (κ1) is 20.9. The molecule has 2 aromatic rings. The van der Waals surface area contributed by atoms with Crippen LogP contribution in [-0.2, 0) is 10.3 Å². The Morgan fingerprint density at radius 1 is 1.29 bits per heavy atom. The molecule has 4 nitrogen and oxygen atoms in total. The van der Waals surface area contributed by atoms with Crippen LogP contribution in [0.1, 0.15) is 32.3 Å². The monoisotopic (exact) mass is 457 g/mol. The number of guanidine groups is 1. The fourth-order valence-electron chi connectivity index (χ4n) is 3.56. The van der Waals surface area contributed by atoms with Gasteiger partial charge in [-0.3, -0.25) is 4.99 Å². The predicted molar refractivity (Wildman–Crippen MR) is 110 cm³/mol. The number of hydrogen-bond acceptors (Lipinski definition) is 2. The Morgan fingerprint density at radius 3 is 2.71 bits per heavy atom. The minimum absolute atomic E-state index is 0.172. The van der Waals surface area contributed by atoms with Crippen LogP contribution in [0.15, 0.2) is 39.8 Å². The van der Waals surface area contributed by atoms with Crippen molar-refractivity contribution in [1.82, 2.24) is 0 Å². The van der Waals surface area contributed by atoms with Crippen molar-refractivity contribution in [3.8, 4) is 0 Å². The molecule has 0 saturated carbocycles. The molecule has 1 aliphatic heterocycles. The minimum Gasteiger partial charge on any atom is -0.370 e. The Labute approximate surface area is 170 Å². The average molecular weight is 458 g/mol. The van der Waals surface area contributed by atoms with Crippen LogP contribution < -0.4 is 10.6 Å². The van der Waals surface area contributed by atoms with Gasteiger partial charge in [0.2, 0.25) is 0 Å². The summed E-state index contributed by atoms with van der Waals surface area (Å²) in [6.07, 6.45) is -2.53. The number of halogens is 4. The number of alkyl halides is 3. The zero-order valence-electron chi connectivity index (χ0n) is 15.8. The summed E-state index contributed by atoms with van der Waals surface area (Å²) in [4.78, 5) is 6.15. The van der Waals surface area contributed by atoms with Gasteiger partial charge >= 0.3 is 6.18 Å². The number of rotatable bonds is 5. The van der Waals surface area contributed by atoms with Gasteiger partial charge in [-0.2, -0.15) is 13.2 Å². The molecule has 0 spiro atoms. The van der Waals surface area contributed by atoms with Crippen LogP contribution in [0.3, 0.4) is 0 Å². The maximum Gasteiger partial charge on any atom is 0.411 e. The number of nitrogens with two attached hydrogens (primary N) is 1. The molecule has 0 amide bonds. The molecule has 1 aliphatic rings. The van der Waals surface area contributed by atoms with Gasteiger partial charge in [0, 0.05) is 16.6 Å². The van der Waals surface area contributed by atoms with Crippen LogP contribution in [0.4, 0.5) is 18.9 Å². The third-order valence-electron chi connectivity index (χ3n) is 4.88. The van der Waals surface area contributed by atoms with Crippen molar-refractivity contribution in [2.24, 2.45) is 10.7 Å². The lowest BCUT2D eigenvalue weighted by molar-refractivity contribution is -0.201. The van der Waals surface area contributed by atoms with E-state index in [4.69, 9.17) is 10.5 Å². The maximum atomic E-state index is 12.9. The van der Waals surface area contributed by atoms with Crippen LogP contribution in [0, 0.1) is 0 Å². The van der Waals surface area contributed by atoms with E-state index in [1.807, 2.05) is 30.3 Å². The van der Waals surface area contributed by atoms with Crippen LogP contribution in [0.2, 0.25) is 0 Å². The zero-order valence-corrected chi connectivity index (χ0v) is 17.4. The lowest BCUT2D eigenvalue weighted by atomic mass is 9.92. The highest BCUT2D eigenvalue weighted by Crippen LogP contribution is 2.47. The van der Waals surface area contributed by atoms with E-state index in [0.29, 0.717) is 18.1 Å². The Kier molecular flexibility index (Phi) is 5.91. The second-order valence-electron chi connectivity index (χ2n) is 7.11. The molecule has 152 valence electrons. The smallest absolute Gasteiger partial charge is 0.370 e. The van der Waals surface area contributed by atoms with Crippen molar-refractivity contribution >= 4 is 38.3 Å². The van der Waals surface area contributed by atoms with Gasteiger partial charge in [-0.1, -0.05) is 47.5 Å². The van der Waals surface area contributed by atoms with Gasteiger partial charge in [0.15, 0.2) is 5.96 Å². The molecule has 0 fully saturated rings. The van der Waals surface area contributed by atoms with Gasteiger partial charge in [-0.05, 0) is 36.2 Å². The maximum absolute atomic E-state index is 12.9. The summed E-state index contributed by atoms with van der Waals surface area (Å²) < 4.78 is 45.0. The molecule has 8 heteroatoms. The highest BCUT2D eigenvalue weighted by Gasteiger charge is 2.45. The molecule has 3 rings (SSSR count). The predicted octanol–water partition coefficient (Wildman–Crippen LogP) is 5.33. The van der Waals surface area contributed by atoms with Crippen molar-refractivity contribution in [3.05, 3.63) is 40.4 Å². The Balaban J connectivity index is 2.10. The number of benzene rings is 2. The summed E-state index contributed by atoms with van der Waals surface area (Å²) in [6, 6.07) is 9.45. The van der Waals surface area contributed by atoms with E-state index in [2.05, 4.69) is 27.8 Å². The first-order chi connectivity index (χ1) is 13.2. The molecule has 2 aromatic carbocycles. The van der Waals surface area contributed by atoms with Crippen molar-refractivity contribution in [1.29, 1.82) is 0 Å². The Bertz CT molecular complexity index is 900. The molecule has 0 saturated heterocycles. The number of aliphatic imine (C=N–C) groups is 1. The molecule has 1 unspecified atom stereocenters. The van der Waals surface area contributed by atoms with Crippen molar-refractivity contribution < 1.29 is 17.9 Å². The van der Waals surface area contributed by atoms with E-state index in [0.717, 1.165) is 33.8 Å². The lowest BCUT2D eigenvalue weighted by Gasteiger charge is -2.28. The molecular weight excluding hydrogens is 435 g/mol. The molecular formula is C20H23BrF3N3O. The summed E-state index contributed by atoms with van der Waals surface area (Å²) >= 11 is 3.52. The number of anilines is 1. The van der Waals surface area contributed by atoms with E-state index < -0.39 is 18.4 Å². The summed E-state index contributed by atoms with van der Waals surface area (Å²) in [7, 11) is 0. The number of fused-ring (bicyclic) bond motifs is 3. The standard InChI is InChI=1S/C20H23BrF3N3O/c1-3-4-10-26-18(25)27-11-19(2,28-12-20(22,23)24)17-14-6-5-7-15(21)13(14)8-9-16(17)27/h5-9H,3-4,10-12H2,1-2H3,(H2,25,26). The first-order valence-corrected chi connectivity index (χ1v) is 9.95. The highest BCUT2D eigenvalue weighted by atomic mass is 79.9. The molecule has 28 heavy (non-hydrogen) atoms. The molecule has 0 aliphatic carbocycles. The SMILES string of the molecule is CCCCN=C(N)N1CC(C)(OCC(F)(F)F)c2c1ccc1c(Br)cccc21. The molecule has 1 heterocycles. The Hall–Kier alpha value is -1.80. The van der Waals surface area contributed by atoms with Crippen LogP contribution in [-0.4, -0.2) is 31.8 Å². The molecule has 2 N–H and O–H groups in total. The second kappa shape index (κ2) is 7.91.